The minimum Gasteiger partial charge on any atom is -0.492 e. The Kier molecular flexibility index (Phi) is 5.22. The van der Waals surface area contributed by atoms with E-state index in [1.165, 1.54) is 20.3 Å². The minimum absolute atomic E-state index is 0.178. The van der Waals surface area contributed by atoms with E-state index in [0.29, 0.717) is 18.7 Å². The summed E-state index contributed by atoms with van der Waals surface area (Å²) in [7, 11) is 2.97. The summed E-state index contributed by atoms with van der Waals surface area (Å²) in [4.78, 5) is 0. The van der Waals surface area contributed by atoms with Crippen LogP contribution in [0.5, 0.6) is 11.5 Å². The molecule has 0 fully saturated rings. The Morgan fingerprint density at radius 2 is 1.82 bits per heavy atom. The van der Waals surface area contributed by atoms with E-state index in [0.717, 1.165) is 24.0 Å². The fourth-order valence-electron chi connectivity index (χ4n) is 2.01. The van der Waals surface area contributed by atoms with Gasteiger partial charge in [0, 0.05) is 5.56 Å². The van der Waals surface area contributed by atoms with Gasteiger partial charge >= 0.3 is 0 Å². The monoisotopic (exact) mass is 241 g/mol. The largest absolute Gasteiger partial charge is 0.492 e. The Hall–Kier alpha value is -1.29. The standard InChI is InChI=1S/C13H20FNO2/c1-4-5-10-9(6-7-15)8-11(14)13(17-3)12(10)16-2/h8H,4-7,15H2,1-3H3. The van der Waals surface area contributed by atoms with Crippen molar-refractivity contribution in [2.45, 2.75) is 26.2 Å². The maximum Gasteiger partial charge on any atom is 0.197 e. The summed E-state index contributed by atoms with van der Waals surface area (Å²) >= 11 is 0. The predicted molar refractivity (Wildman–Crippen MR) is 66.3 cm³/mol. The van der Waals surface area contributed by atoms with Crippen LogP contribution in [0.25, 0.3) is 0 Å². The van der Waals surface area contributed by atoms with Crippen LogP contribution in [0.1, 0.15) is 24.5 Å². The van der Waals surface area contributed by atoms with Gasteiger partial charge in [-0.3, -0.25) is 0 Å². The van der Waals surface area contributed by atoms with E-state index >= 15 is 0 Å². The fourth-order valence-corrected chi connectivity index (χ4v) is 2.01. The summed E-state index contributed by atoms with van der Waals surface area (Å²) in [5.74, 6) is 0.280. The molecule has 96 valence electrons. The van der Waals surface area contributed by atoms with Crippen molar-refractivity contribution >= 4 is 0 Å². The van der Waals surface area contributed by atoms with Gasteiger partial charge < -0.3 is 15.2 Å². The van der Waals surface area contributed by atoms with Gasteiger partial charge in [-0.25, -0.2) is 4.39 Å². The number of methoxy groups -OCH3 is 2. The molecule has 1 aromatic carbocycles. The third-order valence-electron chi connectivity index (χ3n) is 2.71. The smallest absolute Gasteiger partial charge is 0.197 e. The maximum atomic E-state index is 13.8. The van der Waals surface area contributed by atoms with E-state index < -0.39 is 5.82 Å². The van der Waals surface area contributed by atoms with Crippen LogP contribution < -0.4 is 15.2 Å². The predicted octanol–water partition coefficient (Wildman–Crippen LogP) is 2.30. The van der Waals surface area contributed by atoms with Crippen LogP contribution in [0, 0.1) is 5.82 Å². The molecular formula is C13H20FNO2. The zero-order valence-electron chi connectivity index (χ0n) is 10.7. The molecule has 0 aliphatic carbocycles. The minimum atomic E-state index is -0.396. The molecule has 0 saturated heterocycles. The molecule has 0 amide bonds. The van der Waals surface area contributed by atoms with Crippen molar-refractivity contribution < 1.29 is 13.9 Å². The molecule has 0 aromatic heterocycles. The van der Waals surface area contributed by atoms with Crippen molar-refractivity contribution in [3.05, 3.63) is 23.0 Å². The van der Waals surface area contributed by atoms with Gasteiger partial charge in [0.25, 0.3) is 0 Å². The molecule has 1 aromatic rings. The molecule has 0 aliphatic rings. The van der Waals surface area contributed by atoms with Gasteiger partial charge in [-0.05, 0) is 31.0 Å². The molecule has 0 spiro atoms. The molecular weight excluding hydrogens is 221 g/mol. The Morgan fingerprint density at radius 3 is 2.29 bits per heavy atom. The summed E-state index contributed by atoms with van der Waals surface area (Å²) in [6.07, 6.45) is 2.43. The average molecular weight is 241 g/mol. The van der Waals surface area contributed by atoms with Crippen LogP contribution in [-0.4, -0.2) is 20.8 Å². The number of benzene rings is 1. The lowest BCUT2D eigenvalue weighted by Crippen LogP contribution is -2.08. The first-order valence-electron chi connectivity index (χ1n) is 5.81. The van der Waals surface area contributed by atoms with Crippen molar-refractivity contribution in [2.24, 2.45) is 5.73 Å². The molecule has 0 bridgehead atoms. The van der Waals surface area contributed by atoms with Crippen molar-refractivity contribution in [1.82, 2.24) is 0 Å². The number of hydrogen-bond acceptors (Lipinski definition) is 3. The molecule has 17 heavy (non-hydrogen) atoms. The zero-order chi connectivity index (χ0) is 12.8. The summed E-state index contributed by atoms with van der Waals surface area (Å²) in [5, 5.41) is 0. The molecule has 2 N–H and O–H groups in total. The van der Waals surface area contributed by atoms with Gasteiger partial charge in [0.05, 0.1) is 14.2 Å². The van der Waals surface area contributed by atoms with E-state index in [4.69, 9.17) is 15.2 Å². The second kappa shape index (κ2) is 6.45. The normalized spacial score (nSPS) is 10.4. The molecule has 0 atom stereocenters. The van der Waals surface area contributed by atoms with Crippen molar-refractivity contribution in [3.63, 3.8) is 0 Å². The third-order valence-corrected chi connectivity index (χ3v) is 2.71. The summed E-state index contributed by atoms with van der Waals surface area (Å²) in [6, 6.07) is 1.50. The van der Waals surface area contributed by atoms with Crippen LogP contribution in [0.4, 0.5) is 4.39 Å². The average Bonchev–Trinajstić information content (AvgIpc) is 2.32. The van der Waals surface area contributed by atoms with Crippen LogP contribution in [0.3, 0.4) is 0 Å². The topological polar surface area (TPSA) is 44.5 Å². The van der Waals surface area contributed by atoms with E-state index in [9.17, 15) is 4.39 Å². The van der Waals surface area contributed by atoms with Crippen LogP contribution in [-0.2, 0) is 12.8 Å². The number of rotatable bonds is 6. The molecule has 0 radical (unpaired) electrons. The highest BCUT2D eigenvalue weighted by Gasteiger charge is 2.18. The molecule has 3 nitrogen and oxygen atoms in total. The molecule has 1 rings (SSSR count). The Bertz CT molecular complexity index is 380. The molecule has 0 saturated carbocycles. The van der Waals surface area contributed by atoms with Gasteiger partial charge in [0.2, 0.25) is 0 Å². The molecule has 4 heteroatoms. The summed E-state index contributed by atoms with van der Waals surface area (Å²) in [5.41, 5.74) is 7.45. The molecule has 0 aliphatic heterocycles. The Labute approximate surface area is 102 Å². The van der Waals surface area contributed by atoms with Crippen molar-refractivity contribution in [1.29, 1.82) is 0 Å². The number of nitrogens with two attached hydrogens (primary N) is 1. The fraction of sp³-hybridized carbons (Fsp3) is 0.538. The number of ether oxygens (including phenoxy) is 2. The number of hydrogen-bond donors (Lipinski definition) is 1. The maximum absolute atomic E-state index is 13.8. The van der Waals surface area contributed by atoms with Gasteiger partial charge in [0.15, 0.2) is 17.3 Å². The van der Waals surface area contributed by atoms with Gasteiger partial charge in [-0.1, -0.05) is 13.3 Å². The van der Waals surface area contributed by atoms with Gasteiger partial charge in [0.1, 0.15) is 0 Å². The highest BCUT2D eigenvalue weighted by atomic mass is 19.1. The third kappa shape index (κ3) is 2.88. The molecule has 0 unspecified atom stereocenters. The van der Waals surface area contributed by atoms with Crippen molar-refractivity contribution in [2.75, 3.05) is 20.8 Å². The Balaban J connectivity index is 3.36. The SMILES string of the molecule is CCCc1c(CCN)cc(F)c(OC)c1OC. The Morgan fingerprint density at radius 1 is 1.18 bits per heavy atom. The summed E-state index contributed by atoms with van der Waals surface area (Å²) in [6.45, 7) is 2.56. The van der Waals surface area contributed by atoms with Gasteiger partial charge in [-0.2, -0.15) is 0 Å². The quantitative estimate of drug-likeness (QED) is 0.831. The first-order valence-corrected chi connectivity index (χ1v) is 5.81. The highest BCUT2D eigenvalue weighted by Crippen LogP contribution is 2.37. The number of halogens is 1. The van der Waals surface area contributed by atoms with Gasteiger partial charge in [-0.15, -0.1) is 0 Å². The van der Waals surface area contributed by atoms with E-state index in [1.807, 2.05) is 0 Å². The first-order chi connectivity index (χ1) is 8.19. The first kappa shape index (κ1) is 13.8. The van der Waals surface area contributed by atoms with E-state index in [1.54, 1.807) is 0 Å². The van der Waals surface area contributed by atoms with Crippen LogP contribution in [0.15, 0.2) is 6.07 Å². The lowest BCUT2D eigenvalue weighted by atomic mass is 9.98. The van der Waals surface area contributed by atoms with Crippen molar-refractivity contribution in [3.8, 4) is 11.5 Å². The van der Waals surface area contributed by atoms with Crippen LogP contribution >= 0.6 is 0 Å². The lowest BCUT2D eigenvalue weighted by Gasteiger charge is -2.17. The van der Waals surface area contributed by atoms with E-state index in [2.05, 4.69) is 6.92 Å². The highest BCUT2D eigenvalue weighted by molar-refractivity contribution is 5.52. The second-order valence-electron chi connectivity index (χ2n) is 3.85. The van der Waals surface area contributed by atoms with E-state index in [-0.39, 0.29) is 5.75 Å². The van der Waals surface area contributed by atoms with Crippen LogP contribution in [0.2, 0.25) is 0 Å². The molecule has 0 heterocycles. The lowest BCUT2D eigenvalue weighted by molar-refractivity contribution is 0.333. The zero-order valence-corrected chi connectivity index (χ0v) is 10.7. The second-order valence-corrected chi connectivity index (χ2v) is 3.85. The summed E-state index contributed by atoms with van der Waals surface area (Å²) < 4.78 is 24.1.